The second-order valence-corrected chi connectivity index (χ2v) is 5.26. The van der Waals surface area contributed by atoms with Crippen molar-refractivity contribution in [3.8, 4) is 5.75 Å². The van der Waals surface area contributed by atoms with Crippen molar-refractivity contribution in [1.82, 2.24) is 19.7 Å². The minimum Gasteiger partial charge on any atom is -0.497 e. The van der Waals surface area contributed by atoms with Gasteiger partial charge in [-0.1, -0.05) is 12.1 Å². The molecule has 0 aliphatic heterocycles. The van der Waals surface area contributed by atoms with E-state index in [0.29, 0.717) is 0 Å². The Bertz CT molecular complexity index is 781. The molecule has 0 amide bonds. The molecule has 1 atom stereocenters. The monoisotopic (exact) mass is 297 g/mol. The van der Waals surface area contributed by atoms with Gasteiger partial charge in [0.25, 0.3) is 0 Å². The maximum atomic E-state index is 5.21. The first-order chi connectivity index (χ1) is 10.6. The van der Waals surface area contributed by atoms with Gasteiger partial charge in [-0.05, 0) is 24.6 Å². The number of fused-ring (bicyclic) bond motifs is 1. The highest BCUT2D eigenvalue weighted by atomic mass is 16.5. The highest BCUT2D eigenvalue weighted by Gasteiger charge is 2.17. The largest absolute Gasteiger partial charge is 0.497 e. The highest BCUT2D eigenvalue weighted by Crippen LogP contribution is 2.29. The molecule has 0 radical (unpaired) electrons. The summed E-state index contributed by atoms with van der Waals surface area (Å²) in [6.07, 6.45) is 3.39. The van der Waals surface area contributed by atoms with Crippen molar-refractivity contribution in [2.45, 2.75) is 13.0 Å². The third-order valence-corrected chi connectivity index (χ3v) is 4.02. The van der Waals surface area contributed by atoms with Crippen molar-refractivity contribution in [3.63, 3.8) is 0 Å². The van der Waals surface area contributed by atoms with Gasteiger partial charge in [-0.25, -0.2) is 9.97 Å². The van der Waals surface area contributed by atoms with Crippen LogP contribution in [0.4, 0.5) is 5.82 Å². The summed E-state index contributed by atoms with van der Waals surface area (Å²) in [6.45, 7) is 2.14. The maximum Gasteiger partial charge on any atom is 0.163 e. The summed E-state index contributed by atoms with van der Waals surface area (Å²) in [5, 5.41) is 5.22. The van der Waals surface area contributed by atoms with Gasteiger partial charge in [0, 0.05) is 14.1 Å². The first kappa shape index (κ1) is 14.3. The molecule has 0 aliphatic rings. The molecule has 1 aromatic carbocycles. The summed E-state index contributed by atoms with van der Waals surface area (Å²) in [7, 11) is 5.58. The lowest BCUT2D eigenvalue weighted by molar-refractivity contribution is 0.414. The molecule has 6 nitrogen and oxygen atoms in total. The van der Waals surface area contributed by atoms with E-state index < -0.39 is 0 Å². The predicted octanol–water partition coefficient (Wildman–Crippen LogP) is 2.57. The lowest BCUT2D eigenvalue weighted by Crippen LogP contribution is -2.23. The highest BCUT2D eigenvalue weighted by molar-refractivity contribution is 5.86. The number of aryl methyl sites for hydroxylation is 1. The Balaban J connectivity index is 1.95. The SMILES string of the molecule is COc1ccc([C@@H](C)N(C)c2ncnc3c2cnn3C)cc1. The summed E-state index contributed by atoms with van der Waals surface area (Å²) in [4.78, 5) is 10.9. The molecule has 3 rings (SSSR count). The van der Waals surface area contributed by atoms with E-state index >= 15 is 0 Å². The zero-order valence-corrected chi connectivity index (χ0v) is 13.2. The molecule has 0 unspecified atom stereocenters. The zero-order valence-electron chi connectivity index (χ0n) is 13.2. The maximum absolute atomic E-state index is 5.21. The van der Waals surface area contributed by atoms with Crippen molar-refractivity contribution >= 4 is 16.9 Å². The van der Waals surface area contributed by atoms with E-state index in [1.54, 1.807) is 18.1 Å². The molecular formula is C16H19N5O. The molecule has 114 valence electrons. The van der Waals surface area contributed by atoms with Crippen LogP contribution in [0.1, 0.15) is 18.5 Å². The Kier molecular flexibility index (Phi) is 3.66. The van der Waals surface area contributed by atoms with E-state index in [1.807, 2.05) is 32.4 Å². The molecule has 0 spiro atoms. The number of anilines is 1. The number of hydrogen-bond donors (Lipinski definition) is 0. The Labute approximate surface area is 129 Å². The van der Waals surface area contributed by atoms with Gasteiger partial charge >= 0.3 is 0 Å². The van der Waals surface area contributed by atoms with Crippen LogP contribution in [0.3, 0.4) is 0 Å². The van der Waals surface area contributed by atoms with E-state index in [2.05, 4.69) is 39.0 Å². The fourth-order valence-electron chi connectivity index (χ4n) is 2.52. The molecule has 6 heteroatoms. The number of aromatic nitrogens is 4. The molecule has 3 aromatic rings. The van der Waals surface area contributed by atoms with Gasteiger partial charge in [0.1, 0.15) is 17.9 Å². The summed E-state index contributed by atoms with van der Waals surface area (Å²) in [5.41, 5.74) is 2.03. The normalized spacial score (nSPS) is 12.4. The molecule has 2 aromatic heterocycles. The average molecular weight is 297 g/mol. The Morgan fingerprint density at radius 3 is 2.59 bits per heavy atom. The van der Waals surface area contributed by atoms with Crippen molar-refractivity contribution in [3.05, 3.63) is 42.4 Å². The number of methoxy groups -OCH3 is 1. The fourth-order valence-corrected chi connectivity index (χ4v) is 2.52. The number of ether oxygens (including phenoxy) is 1. The summed E-state index contributed by atoms with van der Waals surface area (Å²) >= 11 is 0. The molecule has 0 bridgehead atoms. The summed E-state index contributed by atoms with van der Waals surface area (Å²) < 4.78 is 6.97. The van der Waals surface area contributed by atoms with Crippen LogP contribution < -0.4 is 9.64 Å². The molecule has 0 saturated carbocycles. The molecule has 0 saturated heterocycles. The van der Waals surface area contributed by atoms with Crippen molar-refractivity contribution in [2.24, 2.45) is 7.05 Å². The van der Waals surface area contributed by atoms with E-state index in [4.69, 9.17) is 4.74 Å². The topological polar surface area (TPSA) is 56.1 Å². The van der Waals surface area contributed by atoms with Gasteiger partial charge in [-0.2, -0.15) is 5.10 Å². The Morgan fingerprint density at radius 2 is 1.91 bits per heavy atom. The van der Waals surface area contributed by atoms with Gasteiger partial charge in [0.15, 0.2) is 5.65 Å². The molecule has 0 N–H and O–H groups in total. The van der Waals surface area contributed by atoms with E-state index in [0.717, 1.165) is 22.6 Å². The fraction of sp³-hybridized carbons (Fsp3) is 0.312. The summed E-state index contributed by atoms with van der Waals surface area (Å²) in [5.74, 6) is 1.73. The minimum absolute atomic E-state index is 0.171. The second kappa shape index (κ2) is 5.63. The predicted molar refractivity (Wildman–Crippen MR) is 86.1 cm³/mol. The van der Waals surface area contributed by atoms with Crippen LogP contribution in [0, 0.1) is 0 Å². The van der Waals surface area contributed by atoms with Crippen LogP contribution in [0.25, 0.3) is 11.0 Å². The molecule has 22 heavy (non-hydrogen) atoms. The number of hydrogen-bond acceptors (Lipinski definition) is 5. The van der Waals surface area contributed by atoms with Crippen molar-refractivity contribution < 1.29 is 4.74 Å². The third kappa shape index (κ3) is 2.36. The quantitative estimate of drug-likeness (QED) is 0.741. The van der Waals surface area contributed by atoms with E-state index in [1.165, 1.54) is 5.56 Å². The first-order valence-electron chi connectivity index (χ1n) is 7.11. The molecule has 0 aliphatic carbocycles. The van der Waals surface area contributed by atoms with Crippen molar-refractivity contribution in [1.29, 1.82) is 0 Å². The zero-order chi connectivity index (χ0) is 15.7. The van der Waals surface area contributed by atoms with E-state index in [-0.39, 0.29) is 6.04 Å². The number of rotatable bonds is 4. The van der Waals surface area contributed by atoms with Gasteiger partial charge in [-0.15, -0.1) is 0 Å². The molecule has 0 fully saturated rings. The van der Waals surface area contributed by atoms with Crippen LogP contribution in [0.15, 0.2) is 36.8 Å². The van der Waals surface area contributed by atoms with Crippen LogP contribution in [-0.2, 0) is 7.05 Å². The van der Waals surface area contributed by atoms with Gasteiger partial charge in [-0.3, -0.25) is 4.68 Å². The lowest BCUT2D eigenvalue weighted by Gasteiger charge is -2.26. The Hall–Kier alpha value is -2.63. The number of nitrogens with zero attached hydrogens (tertiary/aromatic N) is 5. The van der Waals surface area contributed by atoms with Gasteiger partial charge in [0.05, 0.1) is 24.7 Å². The smallest absolute Gasteiger partial charge is 0.163 e. The van der Waals surface area contributed by atoms with E-state index in [9.17, 15) is 0 Å². The van der Waals surface area contributed by atoms with Crippen LogP contribution >= 0.6 is 0 Å². The standard InChI is InChI=1S/C16H19N5O/c1-11(12-5-7-13(22-4)8-6-12)20(2)15-14-9-19-21(3)16(14)18-10-17-15/h5-11H,1-4H3/t11-/m1/s1. The second-order valence-electron chi connectivity index (χ2n) is 5.26. The van der Waals surface area contributed by atoms with Crippen LogP contribution in [0.5, 0.6) is 5.75 Å². The Morgan fingerprint density at radius 1 is 1.18 bits per heavy atom. The van der Waals surface area contributed by atoms with Crippen LogP contribution in [-0.4, -0.2) is 33.9 Å². The van der Waals surface area contributed by atoms with Crippen LogP contribution in [0.2, 0.25) is 0 Å². The molecule has 2 heterocycles. The average Bonchev–Trinajstić information content (AvgIpc) is 2.95. The number of benzene rings is 1. The third-order valence-electron chi connectivity index (χ3n) is 4.02. The van der Waals surface area contributed by atoms with Crippen molar-refractivity contribution in [2.75, 3.05) is 19.1 Å². The molecular weight excluding hydrogens is 278 g/mol. The minimum atomic E-state index is 0.171. The first-order valence-corrected chi connectivity index (χ1v) is 7.11. The summed E-state index contributed by atoms with van der Waals surface area (Å²) in [6, 6.07) is 8.26. The lowest BCUT2D eigenvalue weighted by atomic mass is 10.1. The van der Waals surface area contributed by atoms with Gasteiger partial charge in [0.2, 0.25) is 0 Å². The van der Waals surface area contributed by atoms with Gasteiger partial charge < -0.3 is 9.64 Å².